The molecule has 0 spiro atoms. The molecule has 4 nitrogen and oxygen atoms in total. The summed E-state index contributed by atoms with van der Waals surface area (Å²) in [5.74, 6) is 0. The smallest absolute Gasteiger partial charge is 0.172 e. The van der Waals surface area contributed by atoms with Crippen molar-refractivity contribution in [3.05, 3.63) is 70.9 Å². The van der Waals surface area contributed by atoms with Gasteiger partial charge in [0.2, 0.25) is 0 Å². The van der Waals surface area contributed by atoms with Crippen LogP contribution in [0.1, 0.15) is 16.1 Å². The molecule has 0 fully saturated rings. The molecule has 3 rings (SSSR count). The molecule has 0 radical (unpaired) electrons. The maximum absolute atomic E-state index is 11.2. The number of hydrogen-bond acceptors (Lipinski definition) is 3. The molecule has 0 atom stereocenters. The van der Waals surface area contributed by atoms with Gasteiger partial charge in [-0.2, -0.15) is 0 Å². The predicted octanol–water partition coefficient (Wildman–Crippen LogP) is 3.46. The molecule has 0 unspecified atom stereocenters. The van der Waals surface area contributed by atoms with Gasteiger partial charge in [-0.05, 0) is 17.7 Å². The van der Waals surface area contributed by atoms with Crippen LogP contribution in [0.2, 0.25) is 5.02 Å². The van der Waals surface area contributed by atoms with E-state index in [1.807, 2.05) is 42.5 Å². The Labute approximate surface area is 127 Å². The molecule has 0 aliphatic rings. The maximum atomic E-state index is 11.2. The van der Waals surface area contributed by atoms with Gasteiger partial charge in [-0.1, -0.05) is 59.3 Å². The van der Waals surface area contributed by atoms with Gasteiger partial charge >= 0.3 is 0 Å². The lowest BCUT2D eigenvalue weighted by Gasteiger charge is -2.07. The van der Waals surface area contributed by atoms with Crippen LogP contribution in [0.5, 0.6) is 0 Å². The monoisotopic (exact) mass is 297 g/mol. The molecule has 1 aromatic heterocycles. The molecule has 0 aliphatic carbocycles. The fourth-order valence-electron chi connectivity index (χ4n) is 2.18. The molecule has 0 saturated carbocycles. The van der Waals surface area contributed by atoms with E-state index >= 15 is 0 Å². The third-order valence-corrected chi connectivity index (χ3v) is 3.42. The molecule has 0 N–H and O–H groups in total. The molecule has 0 saturated heterocycles. The number of hydrogen-bond donors (Lipinski definition) is 0. The zero-order chi connectivity index (χ0) is 14.7. The molecule has 3 aromatic rings. The minimum absolute atomic E-state index is 0.327. The zero-order valence-corrected chi connectivity index (χ0v) is 11.9. The highest BCUT2D eigenvalue weighted by Crippen LogP contribution is 2.24. The van der Waals surface area contributed by atoms with Crippen molar-refractivity contribution in [2.45, 2.75) is 6.54 Å². The summed E-state index contributed by atoms with van der Waals surface area (Å²) in [6.07, 6.45) is 0.721. The molecule has 5 heteroatoms. The summed E-state index contributed by atoms with van der Waals surface area (Å²) in [7, 11) is 0. The van der Waals surface area contributed by atoms with Crippen molar-refractivity contribution in [3.63, 3.8) is 0 Å². The van der Waals surface area contributed by atoms with Crippen LogP contribution < -0.4 is 0 Å². The Balaban J connectivity index is 2.04. The molecule has 1 heterocycles. The fraction of sp³-hybridized carbons (Fsp3) is 0.0625. The van der Waals surface area contributed by atoms with Gasteiger partial charge in [0.15, 0.2) is 12.0 Å². The topological polar surface area (TPSA) is 47.8 Å². The van der Waals surface area contributed by atoms with Crippen molar-refractivity contribution >= 4 is 17.9 Å². The summed E-state index contributed by atoms with van der Waals surface area (Å²) >= 11 is 5.91. The van der Waals surface area contributed by atoms with Crippen molar-refractivity contribution in [2.24, 2.45) is 0 Å². The number of rotatable bonds is 4. The van der Waals surface area contributed by atoms with Crippen LogP contribution in [-0.4, -0.2) is 21.3 Å². The number of aromatic nitrogens is 3. The summed E-state index contributed by atoms with van der Waals surface area (Å²) in [6, 6.07) is 17.2. The second kappa shape index (κ2) is 5.89. The Kier molecular flexibility index (Phi) is 3.79. The van der Waals surface area contributed by atoms with Gasteiger partial charge in [0.25, 0.3) is 0 Å². The van der Waals surface area contributed by atoms with Gasteiger partial charge in [-0.25, -0.2) is 4.68 Å². The van der Waals surface area contributed by atoms with Crippen molar-refractivity contribution in [3.8, 4) is 11.3 Å². The molecular formula is C16H12ClN3O. The first-order valence-electron chi connectivity index (χ1n) is 6.46. The first-order chi connectivity index (χ1) is 10.3. The highest BCUT2D eigenvalue weighted by Gasteiger charge is 2.14. The zero-order valence-electron chi connectivity index (χ0n) is 11.1. The number of benzene rings is 2. The SMILES string of the molecule is O=Cc1nnn(Cc2ccccc2)c1-c1ccc(Cl)cc1. The number of nitrogens with zero attached hydrogens (tertiary/aromatic N) is 3. The lowest BCUT2D eigenvalue weighted by Crippen LogP contribution is -2.04. The quantitative estimate of drug-likeness (QED) is 0.693. The second-order valence-corrected chi connectivity index (χ2v) is 5.03. The van der Waals surface area contributed by atoms with E-state index in [0.29, 0.717) is 23.0 Å². The minimum atomic E-state index is 0.327. The fourth-order valence-corrected chi connectivity index (χ4v) is 2.30. The van der Waals surface area contributed by atoms with Crippen molar-refractivity contribution < 1.29 is 4.79 Å². The van der Waals surface area contributed by atoms with E-state index in [1.54, 1.807) is 16.8 Å². The maximum Gasteiger partial charge on any atom is 0.172 e. The molecule has 0 bridgehead atoms. The first kappa shape index (κ1) is 13.5. The van der Waals surface area contributed by atoms with Crippen molar-refractivity contribution in [1.29, 1.82) is 0 Å². The minimum Gasteiger partial charge on any atom is -0.296 e. The van der Waals surface area contributed by atoms with Crippen LogP contribution in [0.3, 0.4) is 0 Å². The summed E-state index contributed by atoms with van der Waals surface area (Å²) in [5, 5.41) is 8.67. The van der Waals surface area contributed by atoms with E-state index in [0.717, 1.165) is 17.4 Å². The summed E-state index contributed by atoms with van der Waals surface area (Å²) in [5.41, 5.74) is 2.98. The Morgan fingerprint density at radius 2 is 1.76 bits per heavy atom. The van der Waals surface area contributed by atoms with Crippen LogP contribution in [0.15, 0.2) is 54.6 Å². The summed E-state index contributed by atoms with van der Waals surface area (Å²) in [6.45, 7) is 0.555. The number of aldehydes is 1. The van der Waals surface area contributed by atoms with Gasteiger partial charge in [0, 0.05) is 10.6 Å². The van der Waals surface area contributed by atoms with Crippen LogP contribution in [-0.2, 0) is 6.54 Å². The Hall–Kier alpha value is -2.46. The van der Waals surface area contributed by atoms with Crippen LogP contribution >= 0.6 is 11.6 Å². The second-order valence-electron chi connectivity index (χ2n) is 4.59. The highest BCUT2D eigenvalue weighted by atomic mass is 35.5. The molecule has 0 aliphatic heterocycles. The highest BCUT2D eigenvalue weighted by molar-refractivity contribution is 6.30. The molecular weight excluding hydrogens is 286 g/mol. The number of carbonyl (C=O) groups excluding carboxylic acids is 1. The van der Waals surface area contributed by atoms with Crippen LogP contribution in [0, 0.1) is 0 Å². The molecule has 104 valence electrons. The van der Waals surface area contributed by atoms with Gasteiger partial charge in [0.1, 0.15) is 0 Å². The Morgan fingerprint density at radius 1 is 1.05 bits per heavy atom. The van der Waals surface area contributed by atoms with E-state index in [1.165, 1.54) is 0 Å². The normalized spacial score (nSPS) is 10.5. The lowest BCUT2D eigenvalue weighted by molar-refractivity contribution is 0.111. The molecule has 21 heavy (non-hydrogen) atoms. The third kappa shape index (κ3) is 2.85. The van der Waals surface area contributed by atoms with Gasteiger partial charge in [0.05, 0.1) is 12.2 Å². The van der Waals surface area contributed by atoms with Crippen LogP contribution in [0.25, 0.3) is 11.3 Å². The van der Waals surface area contributed by atoms with E-state index in [2.05, 4.69) is 10.3 Å². The van der Waals surface area contributed by atoms with E-state index < -0.39 is 0 Å². The first-order valence-corrected chi connectivity index (χ1v) is 6.84. The molecule has 2 aromatic carbocycles. The van der Waals surface area contributed by atoms with E-state index in [4.69, 9.17) is 11.6 Å². The predicted molar refractivity (Wildman–Crippen MR) is 81.4 cm³/mol. The number of halogens is 1. The average molecular weight is 298 g/mol. The Morgan fingerprint density at radius 3 is 2.43 bits per heavy atom. The summed E-state index contributed by atoms with van der Waals surface area (Å²) in [4.78, 5) is 11.2. The van der Waals surface area contributed by atoms with Gasteiger partial charge in [-0.15, -0.1) is 5.10 Å². The summed E-state index contributed by atoms with van der Waals surface area (Å²) < 4.78 is 1.72. The van der Waals surface area contributed by atoms with Crippen LogP contribution in [0.4, 0.5) is 0 Å². The lowest BCUT2D eigenvalue weighted by atomic mass is 10.1. The third-order valence-electron chi connectivity index (χ3n) is 3.17. The van der Waals surface area contributed by atoms with Crippen molar-refractivity contribution in [1.82, 2.24) is 15.0 Å². The van der Waals surface area contributed by atoms with Crippen molar-refractivity contribution in [2.75, 3.05) is 0 Å². The van der Waals surface area contributed by atoms with E-state index in [-0.39, 0.29) is 0 Å². The molecule has 0 amide bonds. The van der Waals surface area contributed by atoms with Gasteiger partial charge < -0.3 is 0 Å². The Bertz CT molecular complexity index is 751. The van der Waals surface area contributed by atoms with Gasteiger partial charge in [-0.3, -0.25) is 4.79 Å². The van der Waals surface area contributed by atoms with E-state index in [9.17, 15) is 4.79 Å². The largest absolute Gasteiger partial charge is 0.296 e. The number of carbonyl (C=O) groups is 1. The standard InChI is InChI=1S/C16H12ClN3O/c17-14-8-6-13(7-9-14)16-15(11-21)18-19-20(16)10-12-4-2-1-3-5-12/h1-9,11H,10H2. The average Bonchev–Trinajstić information content (AvgIpc) is 2.92.